The largest absolute Gasteiger partial charge is 0.506 e. The third-order valence-electron chi connectivity index (χ3n) is 2.21. The lowest BCUT2D eigenvalue weighted by Crippen LogP contribution is -1.88. The van der Waals surface area contributed by atoms with Crippen LogP contribution in [-0.2, 0) is 3.79 Å². The Hall–Kier alpha value is 0.452. The molecule has 0 atom stereocenters. The highest BCUT2D eigenvalue weighted by molar-refractivity contribution is 5.97. The molecule has 2 nitrogen and oxygen atoms in total. The van der Waals surface area contributed by atoms with E-state index in [0.29, 0.717) is 6.61 Å². The second-order valence-corrected chi connectivity index (χ2v) is 4.42. The molecule has 92 valence electrons. The van der Waals surface area contributed by atoms with E-state index < -0.39 is 0 Å². The zero-order valence-corrected chi connectivity index (χ0v) is 12.9. The Bertz CT molecular complexity index is 79.7. The highest BCUT2D eigenvalue weighted by Gasteiger charge is 1.83. The third-order valence-corrected chi connectivity index (χ3v) is 2.62. The second kappa shape index (κ2) is 19.9. The van der Waals surface area contributed by atoms with Crippen LogP contribution in [0.1, 0.15) is 65.2 Å². The maximum Gasteiger partial charge on any atom is 0.410 e. The molecule has 0 heterocycles. The van der Waals surface area contributed by atoms with Crippen molar-refractivity contribution in [2.45, 2.75) is 65.2 Å². The van der Waals surface area contributed by atoms with Crippen molar-refractivity contribution in [2.75, 3.05) is 13.2 Å². The lowest BCUT2D eigenvalue weighted by Gasteiger charge is -1.96. The number of hydrogen-bond donors (Lipinski definition) is 1. The quantitative estimate of drug-likeness (QED) is 0.489. The Morgan fingerprint density at radius 2 is 1.40 bits per heavy atom. The van der Waals surface area contributed by atoms with Crippen molar-refractivity contribution in [3.05, 3.63) is 0 Å². The van der Waals surface area contributed by atoms with Gasteiger partial charge in [0.1, 0.15) is 0 Å². The van der Waals surface area contributed by atoms with Crippen LogP contribution in [0.2, 0.25) is 0 Å². The van der Waals surface area contributed by atoms with E-state index in [1.807, 2.05) is 0 Å². The van der Waals surface area contributed by atoms with Gasteiger partial charge in [0.2, 0.25) is 0 Å². The zero-order chi connectivity index (χ0) is 11.8. The van der Waals surface area contributed by atoms with Gasteiger partial charge in [-0.2, -0.15) is 0 Å². The molecular formula is C12H29AlO2. The molecule has 0 saturated heterocycles. The SMILES string of the molecule is CCCCCCO.CCCCCC[O][AlH2]. The van der Waals surface area contributed by atoms with Crippen LogP contribution in [0.5, 0.6) is 0 Å². The van der Waals surface area contributed by atoms with Crippen molar-refractivity contribution in [1.82, 2.24) is 0 Å². The minimum atomic E-state index is 0.361. The van der Waals surface area contributed by atoms with Gasteiger partial charge >= 0.3 is 16.6 Å². The molecule has 15 heavy (non-hydrogen) atoms. The van der Waals surface area contributed by atoms with E-state index in [1.165, 1.54) is 44.9 Å². The summed E-state index contributed by atoms with van der Waals surface area (Å²) in [5, 5.41) is 8.29. The first kappa shape index (κ1) is 17.8. The predicted molar refractivity (Wildman–Crippen MR) is 69.9 cm³/mol. The van der Waals surface area contributed by atoms with Crippen molar-refractivity contribution in [2.24, 2.45) is 0 Å². The highest BCUT2D eigenvalue weighted by atomic mass is 27.1. The molecule has 0 bridgehead atoms. The molecule has 0 aliphatic heterocycles. The Labute approximate surface area is 104 Å². The van der Waals surface area contributed by atoms with Crippen molar-refractivity contribution < 1.29 is 8.90 Å². The maximum atomic E-state index is 8.29. The van der Waals surface area contributed by atoms with E-state index >= 15 is 0 Å². The fraction of sp³-hybridized carbons (Fsp3) is 1.00. The average Bonchev–Trinajstić information content (AvgIpc) is 2.26. The first-order chi connectivity index (χ1) is 7.33. The van der Waals surface area contributed by atoms with Crippen molar-refractivity contribution >= 4 is 16.6 Å². The molecule has 0 fully saturated rings. The van der Waals surface area contributed by atoms with Crippen LogP contribution in [0.25, 0.3) is 0 Å². The smallest absolute Gasteiger partial charge is 0.410 e. The van der Waals surface area contributed by atoms with Crippen LogP contribution >= 0.6 is 0 Å². The molecule has 3 heteroatoms. The van der Waals surface area contributed by atoms with Gasteiger partial charge in [-0.1, -0.05) is 52.4 Å². The third kappa shape index (κ3) is 25.1. The Morgan fingerprint density at radius 3 is 1.80 bits per heavy atom. The molecule has 0 spiro atoms. The number of hydrogen-bond acceptors (Lipinski definition) is 2. The van der Waals surface area contributed by atoms with E-state index in [1.54, 1.807) is 0 Å². The van der Waals surface area contributed by atoms with Crippen molar-refractivity contribution in [1.29, 1.82) is 0 Å². The summed E-state index contributed by atoms with van der Waals surface area (Å²) in [6.45, 7) is 5.74. The maximum absolute atomic E-state index is 8.29. The van der Waals surface area contributed by atoms with E-state index in [2.05, 4.69) is 13.8 Å². The summed E-state index contributed by atoms with van der Waals surface area (Å²) in [4.78, 5) is 0. The van der Waals surface area contributed by atoms with Crippen LogP contribution in [0, 0.1) is 0 Å². The summed E-state index contributed by atoms with van der Waals surface area (Å²) in [5.41, 5.74) is 0. The summed E-state index contributed by atoms with van der Waals surface area (Å²) in [6, 6.07) is 0. The van der Waals surface area contributed by atoms with Crippen molar-refractivity contribution in [3.63, 3.8) is 0 Å². The van der Waals surface area contributed by atoms with Crippen LogP contribution in [-0.4, -0.2) is 34.9 Å². The fourth-order valence-corrected chi connectivity index (χ4v) is 1.50. The van der Waals surface area contributed by atoms with E-state index in [9.17, 15) is 0 Å². The summed E-state index contributed by atoms with van der Waals surface area (Å²) in [7, 11) is 0. The molecule has 0 saturated carbocycles. The first-order valence-corrected chi connectivity index (χ1v) is 7.24. The molecular weight excluding hydrogens is 203 g/mol. The van der Waals surface area contributed by atoms with Gasteiger partial charge in [-0.15, -0.1) is 0 Å². The molecule has 0 aromatic heterocycles. The minimum Gasteiger partial charge on any atom is -0.506 e. The Kier molecular flexibility index (Phi) is 23.7. The molecule has 0 aromatic carbocycles. The van der Waals surface area contributed by atoms with Crippen LogP contribution in [0.15, 0.2) is 0 Å². The number of unbranched alkanes of at least 4 members (excludes halogenated alkanes) is 6. The predicted octanol–water partition coefficient (Wildman–Crippen LogP) is 2.69. The number of aliphatic hydroxyl groups is 1. The fourth-order valence-electron chi connectivity index (χ4n) is 1.21. The molecule has 0 unspecified atom stereocenters. The summed E-state index contributed by atoms with van der Waals surface area (Å²) >= 11 is 0.907. The monoisotopic (exact) mass is 232 g/mol. The number of rotatable bonds is 9. The van der Waals surface area contributed by atoms with Gasteiger partial charge in [0, 0.05) is 13.2 Å². The van der Waals surface area contributed by atoms with Crippen molar-refractivity contribution in [3.8, 4) is 0 Å². The highest BCUT2D eigenvalue weighted by Crippen LogP contribution is 1.97. The van der Waals surface area contributed by atoms with Gasteiger partial charge in [-0.05, 0) is 12.8 Å². The molecule has 0 aromatic rings. The normalized spacial score (nSPS) is 9.53. The summed E-state index contributed by atoms with van der Waals surface area (Å²) in [6.07, 6.45) is 9.98. The molecule has 0 aliphatic carbocycles. The van der Waals surface area contributed by atoms with Crippen LogP contribution < -0.4 is 0 Å². The van der Waals surface area contributed by atoms with Gasteiger partial charge in [0.15, 0.2) is 0 Å². The second-order valence-electron chi connectivity index (χ2n) is 3.84. The van der Waals surface area contributed by atoms with Crippen LogP contribution in [0.3, 0.4) is 0 Å². The number of aliphatic hydroxyl groups excluding tert-OH is 1. The summed E-state index contributed by atoms with van der Waals surface area (Å²) in [5.74, 6) is 0. The average molecular weight is 232 g/mol. The van der Waals surface area contributed by atoms with Gasteiger partial charge < -0.3 is 8.90 Å². The standard InChI is InChI=1S/C6H14O.C6H13O.Al.2H/c2*1-2-3-4-5-6-7;;;/h7H,2-6H2,1H3;2-6H2,1H3;;;/q;-1;+1;;. The molecule has 0 radical (unpaired) electrons. The lowest BCUT2D eigenvalue weighted by molar-refractivity contribution is 0.283. The topological polar surface area (TPSA) is 29.5 Å². The Balaban J connectivity index is 0. The zero-order valence-electron chi connectivity index (χ0n) is 10.9. The van der Waals surface area contributed by atoms with Gasteiger partial charge in [-0.25, -0.2) is 0 Å². The van der Waals surface area contributed by atoms with Gasteiger partial charge in [0.25, 0.3) is 0 Å². The van der Waals surface area contributed by atoms with E-state index in [4.69, 9.17) is 8.90 Å². The lowest BCUT2D eigenvalue weighted by atomic mass is 10.2. The Morgan fingerprint density at radius 1 is 0.867 bits per heavy atom. The first-order valence-electron chi connectivity index (χ1n) is 6.43. The van der Waals surface area contributed by atoms with Gasteiger partial charge in [-0.3, -0.25) is 0 Å². The minimum absolute atomic E-state index is 0.361. The molecule has 0 aliphatic rings. The molecule has 1 N–H and O–H groups in total. The van der Waals surface area contributed by atoms with E-state index in [-0.39, 0.29) is 0 Å². The van der Waals surface area contributed by atoms with Gasteiger partial charge in [0.05, 0.1) is 0 Å². The van der Waals surface area contributed by atoms with Crippen LogP contribution in [0.4, 0.5) is 0 Å². The molecule has 0 amide bonds. The summed E-state index contributed by atoms with van der Waals surface area (Å²) < 4.78 is 5.03. The van der Waals surface area contributed by atoms with E-state index in [0.717, 1.165) is 29.7 Å². The molecule has 0 rings (SSSR count).